The van der Waals surface area contributed by atoms with Crippen LogP contribution in [0.1, 0.15) is 17.0 Å². The number of hydrogen-bond acceptors (Lipinski definition) is 3. The summed E-state index contributed by atoms with van der Waals surface area (Å²) in [5.41, 5.74) is 4.01. The molecule has 0 spiro atoms. The van der Waals surface area contributed by atoms with Crippen molar-refractivity contribution in [1.82, 2.24) is 19.3 Å². The predicted molar refractivity (Wildman–Crippen MR) is 98.7 cm³/mol. The summed E-state index contributed by atoms with van der Waals surface area (Å²) < 4.78 is 3.46. The van der Waals surface area contributed by atoms with Crippen LogP contribution in [0, 0.1) is 20.8 Å². The molecule has 5 heteroatoms. The van der Waals surface area contributed by atoms with Gasteiger partial charge in [-0.2, -0.15) is 9.78 Å². The Morgan fingerprint density at radius 2 is 1.68 bits per heavy atom. The quantitative estimate of drug-likeness (QED) is 0.565. The fourth-order valence-corrected chi connectivity index (χ4v) is 3.28. The number of nitrogens with zero attached hydrogens (tertiary/aromatic N) is 4. The molecule has 0 atom stereocenters. The molecule has 0 aliphatic carbocycles. The topological polar surface area (TPSA) is 52.7 Å². The van der Waals surface area contributed by atoms with Crippen LogP contribution in [0.2, 0.25) is 0 Å². The van der Waals surface area contributed by atoms with Crippen LogP contribution in [0.3, 0.4) is 0 Å². The molecular formula is C20H18N4O. The number of fused-ring (bicyclic) bond motifs is 1. The molecule has 0 saturated heterocycles. The number of benzene rings is 1. The third-order valence-corrected chi connectivity index (χ3v) is 4.56. The minimum Gasteiger partial charge on any atom is -0.317 e. The zero-order valence-corrected chi connectivity index (χ0v) is 14.4. The van der Waals surface area contributed by atoms with Crippen molar-refractivity contribution in [3.8, 4) is 11.5 Å². The Kier molecular flexibility index (Phi) is 3.50. The zero-order valence-electron chi connectivity index (χ0n) is 14.4. The Balaban J connectivity index is 2.01. The molecule has 1 aromatic carbocycles. The molecule has 3 heterocycles. The highest BCUT2D eigenvalue weighted by atomic mass is 16.1. The lowest BCUT2D eigenvalue weighted by molar-refractivity contribution is 0.794. The highest BCUT2D eigenvalue weighted by molar-refractivity contribution is 5.88. The van der Waals surface area contributed by atoms with E-state index >= 15 is 0 Å². The van der Waals surface area contributed by atoms with Crippen LogP contribution in [0.25, 0.3) is 22.3 Å². The molecule has 0 bridgehead atoms. The van der Waals surface area contributed by atoms with Gasteiger partial charge in [0.1, 0.15) is 0 Å². The van der Waals surface area contributed by atoms with Gasteiger partial charge in [0.15, 0.2) is 5.82 Å². The summed E-state index contributed by atoms with van der Waals surface area (Å²) in [6.07, 6.45) is 3.40. The maximum atomic E-state index is 13.0. The average Bonchev–Trinajstić information content (AvgIpc) is 2.88. The summed E-state index contributed by atoms with van der Waals surface area (Å²) >= 11 is 0. The van der Waals surface area contributed by atoms with E-state index in [0.29, 0.717) is 11.2 Å². The van der Waals surface area contributed by atoms with E-state index in [0.717, 1.165) is 22.5 Å². The third-order valence-electron chi connectivity index (χ3n) is 4.56. The Labute approximate surface area is 145 Å². The van der Waals surface area contributed by atoms with E-state index in [1.807, 2.05) is 26.0 Å². The normalized spacial score (nSPS) is 11.2. The molecule has 3 aromatic heterocycles. The van der Waals surface area contributed by atoms with Gasteiger partial charge in [0.2, 0.25) is 0 Å². The van der Waals surface area contributed by atoms with Crippen molar-refractivity contribution in [1.29, 1.82) is 0 Å². The van der Waals surface area contributed by atoms with Crippen LogP contribution in [0.15, 0.2) is 59.7 Å². The predicted octanol–water partition coefficient (Wildman–Crippen LogP) is 3.50. The number of hydrogen-bond donors (Lipinski definition) is 0. The Hall–Kier alpha value is -3.21. The number of aromatic nitrogens is 4. The highest BCUT2D eigenvalue weighted by Gasteiger charge is 2.17. The van der Waals surface area contributed by atoms with Gasteiger partial charge in [-0.3, -0.25) is 4.79 Å². The van der Waals surface area contributed by atoms with Crippen LogP contribution < -0.4 is 5.56 Å². The third kappa shape index (κ3) is 2.36. The van der Waals surface area contributed by atoms with E-state index in [4.69, 9.17) is 0 Å². The van der Waals surface area contributed by atoms with Gasteiger partial charge in [0.25, 0.3) is 5.56 Å². The smallest absolute Gasteiger partial charge is 0.282 e. The van der Waals surface area contributed by atoms with Crippen molar-refractivity contribution < 1.29 is 0 Å². The van der Waals surface area contributed by atoms with Crippen molar-refractivity contribution in [2.45, 2.75) is 20.8 Å². The Morgan fingerprint density at radius 1 is 0.920 bits per heavy atom. The second-order valence-electron chi connectivity index (χ2n) is 6.18. The molecule has 4 rings (SSSR count). The van der Waals surface area contributed by atoms with Crippen LogP contribution in [0.5, 0.6) is 0 Å². The lowest BCUT2D eigenvalue weighted by Crippen LogP contribution is -2.21. The first kappa shape index (κ1) is 15.3. The zero-order chi connectivity index (χ0) is 17.6. The molecule has 25 heavy (non-hydrogen) atoms. The standard InChI is InChI=1S/C20H18N4O/c1-13-7-9-16(10-8-13)23-14(2)17-12-22-24(18-6-4-5-11-21-18)20(25)19(17)15(23)3/h4-12H,1-3H3. The van der Waals surface area contributed by atoms with Crippen molar-refractivity contribution >= 4 is 10.8 Å². The van der Waals surface area contributed by atoms with E-state index < -0.39 is 0 Å². The average molecular weight is 330 g/mol. The molecule has 0 aliphatic rings. The van der Waals surface area contributed by atoms with Crippen LogP contribution in [0.4, 0.5) is 0 Å². The van der Waals surface area contributed by atoms with E-state index in [1.165, 1.54) is 10.2 Å². The van der Waals surface area contributed by atoms with Gasteiger partial charge >= 0.3 is 0 Å². The van der Waals surface area contributed by atoms with Crippen LogP contribution in [-0.4, -0.2) is 19.3 Å². The van der Waals surface area contributed by atoms with Crippen molar-refractivity contribution in [2.75, 3.05) is 0 Å². The largest absolute Gasteiger partial charge is 0.317 e. The number of aryl methyl sites for hydroxylation is 3. The second-order valence-corrected chi connectivity index (χ2v) is 6.18. The molecule has 0 fully saturated rings. The summed E-state index contributed by atoms with van der Waals surface area (Å²) in [6, 6.07) is 13.7. The lowest BCUT2D eigenvalue weighted by atomic mass is 10.2. The van der Waals surface area contributed by atoms with Crippen LogP contribution in [-0.2, 0) is 0 Å². The molecule has 124 valence electrons. The van der Waals surface area contributed by atoms with Gasteiger partial charge in [0.05, 0.1) is 11.6 Å². The summed E-state index contributed by atoms with van der Waals surface area (Å²) in [6.45, 7) is 6.05. The van der Waals surface area contributed by atoms with Crippen molar-refractivity contribution in [3.63, 3.8) is 0 Å². The molecule has 5 nitrogen and oxygen atoms in total. The first-order chi connectivity index (χ1) is 12.1. The molecule has 4 aromatic rings. The fourth-order valence-electron chi connectivity index (χ4n) is 3.28. The van der Waals surface area contributed by atoms with E-state index in [9.17, 15) is 4.79 Å². The molecule has 0 N–H and O–H groups in total. The van der Waals surface area contributed by atoms with Crippen LogP contribution >= 0.6 is 0 Å². The highest BCUT2D eigenvalue weighted by Crippen LogP contribution is 2.26. The lowest BCUT2D eigenvalue weighted by Gasteiger charge is -2.09. The van der Waals surface area contributed by atoms with Crippen molar-refractivity contribution in [2.24, 2.45) is 0 Å². The van der Waals surface area contributed by atoms with Gasteiger partial charge < -0.3 is 4.57 Å². The molecule has 0 radical (unpaired) electrons. The summed E-state index contributed by atoms with van der Waals surface area (Å²) in [7, 11) is 0. The van der Waals surface area contributed by atoms with Gasteiger partial charge in [0, 0.05) is 28.7 Å². The minimum atomic E-state index is -0.150. The first-order valence-corrected chi connectivity index (χ1v) is 8.16. The maximum absolute atomic E-state index is 13.0. The van der Waals surface area contributed by atoms with Gasteiger partial charge in [-0.05, 0) is 45.0 Å². The molecule has 0 saturated carbocycles. The van der Waals surface area contributed by atoms with Gasteiger partial charge in [-0.15, -0.1) is 0 Å². The van der Waals surface area contributed by atoms with E-state index in [2.05, 4.69) is 45.8 Å². The molecule has 0 unspecified atom stereocenters. The minimum absolute atomic E-state index is 0.150. The van der Waals surface area contributed by atoms with E-state index in [1.54, 1.807) is 18.5 Å². The molecular weight excluding hydrogens is 312 g/mol. The maximum Gasteiger partial charge on any atom is 0.282 e. The number of pyridine rings is 1. The Bertz CT molecular complexity index is 1120. The summed E-state index contributed by atoms with van der Waals surface area (Å²) in [5, 5.41) is 5.88. The number of rotatable bonds is 2. The summed E-state index contributed by atoms with van der Waals surface area (Å²) in [4.78, 5) is 17.3. The van der Waals surface area contributed by atoms with Gasteiger partial charge in [-0.25, -0.2) is 4.98 Å². The fraction of sp³-hybridized carbons (Fsp3) is 0.150. The summed E-state index contributed by atoms with van der Waals surface area (Å²) in [5.74, 6) is 0.523. The second kappa shape index (κ2) is 5.70. The first-order valence-electron chi connectivity index (χ1n) is 8.16. The monoisotopic (exact) mass is 330 g/mol. The van der Waals surface area contributed by atoms with Gasteiger partial charge in [-0.1, -0.05) is 23.8 Å². The van der Waals surface area contributed by atoms with Crippen molar-refractivity contribution in [3.05, 3.63) is 82.2 Å². The SMILES string of the molecule is Cc1ccc(-n2c(C)c3cnn(-c4ccccn4)c(=O)c3c2C)cc1. The molecule has 0 amide bonds. The molecule has 0 aliphatic heterocycles. The Morgan fingerprint density at radius 3 is 2.36 bits per heavy atom. The van der Waals surface area contributed by atoms with E-state index in [-0.39, 0.29) is 5.56 Å².